The third kappa shape index (κ3) is 4.08. The molecule has 9 nitrogen and oxygen atoms in total. The zero-order valence-electron chi connectivity index (χ0n) is 19.1. The molecule has 4 aromatic rings. The van der Waals surface area contributed by atoms with E-state index in [2.05, 4.69) is 33.2 Å². The van der Waals surface area contributed by atoms with Crippen LogP contribution in [0.1, 0.15) is 30.3 Å². The number of likely N-dealkylation sites (tertiary alicyclic amines) is 1. The SMILES string of the molecule is C=CC(=O)N1CCC[C@H]1c1nc(-c2ccc(C(N)=Nc3ccccn3)cc2)c2c(N=C)nccn12. The number of amidine groups is 1. The van der Waals surface area contributed by atoms with Crippen LogP contribution < -0.4 is 5.73 Å². The van der Waals surface area contributed by atoms with Crippen LogP contribution in [0.25, 0.3) is 16.8 Å². The number of pyridine rings is 1. The number of hydrogen-bond donors (Lipinski definition) is 1. The molecule has 0 unspecified atom stereocenters. The molecule has 0 aliphatic carbocycles. The maximum absolute atomic E-state index is 12.5. The first-order valence-electron chi connectivity index (χ1n) is 11.2. The number of benzene rings is 1. The summed E-state index contributed by atoms with van der Waals surface area (Å²) in [7, 11) is 0. The third-order valence-electron chi connectivity index (χ3n) is 6.06. The fraction of sp³-hybridized carbons (Fsp3) is 0.154. The Morgan fingerprint density at radius 2 is 1.97 bits per heavy atom. The molecular formula is C26H24N8O. The van der Waals surface area contributed by atoms with Crippen molar-refractivity contribution in [3.8, 4) is 11.3 Å². The highest BCUT2D eigenvalue weighted by molar-refractivity contribution is 5.99. The van der Waals surface area contributed by atoms with Gasteiger partial charge in [-0.15, -0.1) is 0 Å². The Kier molecular flexibility index (Phi) is 5.88. The van der Waals surface area contributed by atoms with E-state index in [0.717, 1.165) is 35.3 Å². The summed E-state index contributed by atoms with van der Waals surface area (Å²) in [6.07, 6.45) is 8.24. The summed E-state index contributed by atoms with van der Waals surface area (Å²) < 4.78 is 1.95. The van der Waals surface area contributed by atoms with Crippen molar-refractivity contribution >= 4 is 35.6 Å². The number of aliphatic imine (C=N–C) groups is 2. The van der Waals surface area contributed by atoms with E-state index in [0.29, 0.717) is 29.7 Å². The summed E-state index contributed by atoms with van der Waals surface area (Å²) in [5.74, 6) is 2.04. The van der Waals surface area contributed by atoms with Crippen molar-refractivity contribution in [2.45, 2.75) is 18.9 Å². The summed E-state index contributed by atoms with van der Waals surface area (Å²) in [6, 6.07) is 13.0. The number of hydrogen-bond acceptors (Lipinski definition) is 6. The molecule has 174 valence electrons. The standard InChI is InChI=1S/C26H24N8O/c1-3-21(35)33-15-6-7-19(33)26-32-22(23-25(28-2)30-14-16-34(23)26)17-9-11-18(12-10-17)24(27)31-20-8-4-5-13-29-20/h3-5,8-14,16,19H,1-2,6-7,15H2,(H2,27,29,31)/t19-/m0/s1. The zero-order valence-corrected chi connectivity index (χ0v) is 19.1. The highest BCUT2D eigenvalue weighted by Crippen LogP contribution is 2.37. The molecule has 3 aromatic heterocycles. The summed E-state index contributed by atoms with van der Waals surface area (Å²) in [5.41, 5.74) is 9.28. The Morgan fingerprint density at radius 1 is 1.14 bits per heavy atom. The van der Waals surface area contributed by atoms with E-state index in [-0.39, 0.29) is 11.9 Å². The van der Waals surface area contributed by atoms with Crippen molar-refractivity contribution in [1.82, 2.24) is 24.3 Å². The first-order chi connectivity index (χ1) is 17.1. The molecule has 1 aliphatic heterocycles. The Labute approximate surface area is 202 Å². The number of imidazole rings is 1. The minimum Gasteiger partial charge on any atom is -0.383 e. The van der Waals surface area contributed by atoms with Crippen LogP contribution in [0.3, 0.4) is 0 Å². The maximum atomic E-state index is 12.5. The van der Waals surface area contributed by atoms with Gasteiger partial charge in [0.05, 0.1) is 6.04 Å². The van der Waals surface area contributed by atoms with Crippen LogP contribution in [0.15, 0.2) is 83.7 Å². The highest BCUT2D eigenvalue weighted by atomic mass is 16.2. The number of nitrogens with zero attached hydrogens (tertiary/aromatic N) is 7. The smallest absolute Gasteiger partial charge is 0.246 e. The fourth-order valence-electron chi connectivity index (χ4n) is 4.42. The van der Waals surface area contributed by atoms with E-state index >= 15 is 0 Å². The largest absolute Gasteiger partial charge is 0.383 e. The summed E-state index contributed by atoms with van der Waals surface area (Å²) in [6.45, 7) is 8.00. The van der Waals surface area contributed by atoms with Gasteiger partial charge < -0.3 is 10.6 Å². The van der Waals surface area contributed by atoms with Crippen molar-refractivity contribution < 1.29 is 4.79 Å². The van der Waals surface area contributed by atoms with Crippen molar-refractivity contribution in [2.75, 3.05) is 6.54 Å². The second-order valence-corrected chi connectivity index (χ2v) is 8.10. The molecule has 0 saturated carbocycles. The van der Waals surface area contributed by atoms with E-state index in [4.69, 9.17) is 10.7 Å². The van der Waals surface area contributed by atoms with Crippen molar-refractivity contribution in [1.29, 1.82) is 0 Å². The van der Waals surface area contributed by atoms with Crippen molar-refractivity contribution in [3.63, 3.8) is 0 Å². The molecule has 5 rings (SSSR count). The van der Waals surface area contributed by atoms with Gasteiger partial charge in [0.2, 0.25) is 5.91 Å². The Bertz CT molecular complexity index is 1440. The number of carbonyl (C=O) groups excluding carboxylic acids is 1. The Morgan fingerprint density at radius 3 is 2.69 bits per heavy atom. The van der Waals surface area contributed by atoms with Crippen molar-refractivity contribution in [3.05, 3.63) is 85.1 Å². The highest BCUT2D eigenvalue weighted by Gasteiger charge is 2.33. The van der Waals surface area contributed by atoms with Gasteiger partial charge in [0.25, 0.3) is 0 Å². The molecule has 1 aromatic carbocycles. The van der Waals surface area contributed by atoms with Gasteiger partial charge in [-0.25, -0.2) is 24.9 Å². The lowest BCUT2D eigenvalue weighted by molar-refractivity contribution is -0.127. The van der Waals surface area contributed by atoms with Gasteiger partial charge >= 0.3 is 0 Å². The summed E-state index contributed by atoms with van der Waals surface area (Å²) >= 11 is 0. The monoisotopic (exact) mass is 464 g/mol. The molecular weight excluding hydrogens is 440 g/mol. The topological polar surface area (TPSA) is 114 Å². The molecule has 35 heavy (non-hydrogen) atoms. The van der Waals surface area contributed by atoms with Crippen LogP contribution in [0, 0.1) is 0 Å². The summed E-state index contributed by atoms with van der Waals surface area (Å²) in [4.78, 5) is 36.4. The number of rotatable bonds is 6. The molecule has 1 atom stereocenters. The van der Waals surface area contributed by atoms with E-state index in [1.165, 1.54) is 6.08 Å². The van der Waals surface area contributed by atoms with E-state index in [9.17, 15) is 4.79 Å². The molecule has 4 heterocycles. The second-order valence-electron chi connectivity index (χ2n) is 8.10. The van der Waals surface area contributed by atoms with Gasteiger partial charge in [-0.3, -0.25) is 9.20 Å². The minimum atomic E-state index is -0.165. The zero-order chi connectivity index (χ0) is 24.4. The van der Waals surface area contributed by atoms with Gasteiger partial charge in [-0.05, 0) is 37.8 Å². The number of aromatic nitrogens is 4. The third-order valence-corrected chi connectivity index (χ3v) is 6.06. The van der Waals surface area contributed by atoms with Gasteiger partial charge in [0.1, 0.15) is 22.9 Å². The number of amides is 1. The van der Waals surface area contributed by atoms with Crippen LogP contribution in [0.2, 0.25) is 0 Å². The van der Waals surface area contributed by atoms with Crippen LogP contribution in [0.5, 0.6) is 0 Å². The number of carbonyl (C=O) groups is 1. The average Bonchev–Trinajstić information content (AvgIpc) is 3.54. The predicted octanol–water partition coefficient (Wildman–Crippen LogP) is 4.01. The van der Waals surface area contributed by atoms with Crippen LogP contribution in [-0.4, -0.2) is 49.3 Å². The van der Waals surface area contributed by atoms with E-state index < -0.39 is 0 Å². The molecule has 0 spiro atoms. The maximum Gasteiger partial charge on any atom is 0.246 e. The minimum absolute atomic E-state index is 0.103. The first-order valence-corrected chi connectivity index (χ1v) is 11.2. The molecule has 1 aliphatic rings. The normalized spacial score (nSPS) is 15.9. The quantitative estimate of drug-likeness (QED) is 0.263. The van der Waals surface area contributed by atoms with Gasteiger partial charge in [-0.2, -0.15) is 0 Å². The molecule has 1 amide bonds. The average molecular weight is 465 g/mol. The second kappa shape index (κ2) is 9.30. The molecule has 1 saturated heterocycles. The lowest BCUT2D eigenvalue weighted by Crippen LogP contribution is -2.29. The van der Waals surface area contributed by atoms with Crippen LogP contribution in [0.4, 0.5) is 11.6 Å². The molecule has 0 radical (unpaired) electrons. The molecule has 2 N–H and O–H groups in total. The Hall–Kier alpha value is -4.66. The number of fused-ring (bicyclic) bond motifs is 1. The Balaban J connectivity index is 1.58. The van der Waals surface area contributed by atoms with Gasteiger partial charge in [0.15, 0.2) is 11.6 Å². The predicted molar refractivity (Wildman–Crippen MR) is 136 cm³/mol. The van der Waals surface area contributed by atoms with E-state index in [1.807, 2.05) is 51.9 Å². The van der Waals surface area contributed by atoms with Crippen LogP contribution >= 0.6 is 0 Å². The molecule has 0 bridgehead atoms. The van der Waals surface area contributed by atoms with Gasteiger partial charge in [-0.1, -0.05) is 36.9 Å². The van der Waals surface area contributed by atoms with E-state index in [1.54, 1.807) is 18.5 Å². The first kappa shape index (κ1) is 22.1. The molecule has 1 fully saturated rings. The lowest BCUT2D eigenvalue weighted by atomic mass is 10.1. The number of nitrogens with two attached hydrogens (primary N) is 1. The fourth-order valence-corrected chi connectivity index (χ4v) is 4.42. The lowest BCUT2D eigenvalue weighted by Gasteiger charge is -2.22. The summed E-state index contributed by atoms with van der Waals surface area (Å²) in [5, 5.41) is 0. The van der Waals surface area contributed by atoms with Crippen molar-refractivity contribution in [2.24, 2.45) is 15.7 Å². The van der Waals surface area contributed by atoms with Gasteiger partial charge in [0, 0.05) is 36.3 Å². The van der Waals surface area contributed by atoms with Crippen LogP contribution in [-0.2, 0) is 4.79 Å². The molecule has 9 heteroatoms.